The zero-order valence-corrected chi connectivity index (χ0v) is 5.42. The smallest absolute Gasteiger partial charge is 0.239 e. The Labute approximate surface area is 45.4 Å². The van der Waals surface area contributed by atoms with E-state index in [1.54, 1.807) is 0 Å². The van der Waals surface area contributed by atoms with Gasteiger partial charge in [0.25, 0.3) is 0 Å². The largest absolute Gasteiger partial charge is 0.281 e. The fraction of sp³-hybridized carbons (Fsp3) is 1.00. The molecule has 0 heterocycles. The van der Waals surface area contributed by atoms with Gasteiger partial charge in [0.2, 0.25) is 11.3 Å². The fourth-order valence-corrected chi connectivity index (χ4v) is 0.658. The van der Waals surface area contributed by atoms with E-state index in [9.17, 15) is 8.41 Å². The van der Waals surface area contributed by atoms with Crippen molar-refractivity contribution in [3.8, 4) is 0 Å². The van der Waals surface area contributed by atoms with Crippen molar-refractivity contribution in [3.63, 3.8) is 0 Å². The summed E-state index contributed by atoms with van der Waals surface area (Å²) >= 11 is -1.64. The van der Waals surface area contributed by atoms with Gasteiger partial charge in [0, 0.05) is 0 Å². The molecule has 2 unspecified atom stereocenters. The molecule has 0 bridgehead atoms. The maximum Gasteiger partial charge on any atom is 0.239 e. The number of halogens is 1. The van der Waals surface area contributed by atoms with Gasteiger partial charge in [-0.05, 0) is 0 Å². The zero-order valence-electron chi connectivity index (χ0n) is 3.60. The zero-order chi connectivity index (χ0) is 5.70. The highest BCUT2D eigenvalue weighted by molar-refractivity contribution is 7.82. The van der Waals surface area contributed by atoms with Crippen LogP contribution < -0.4 is 4.49 Å². The Morgan fingerprint density at radius 1 is 2.00 bits per heavy atom. The Bertz CT molecular complexity index is 70.7. The van der Waals surface area contributed by atoms with Gasteiger partial charge >= 0.3 is 0 Å². The molecule has 0 radical (unpaired) electrons. The first-order valence-electron chi connectivity index (χ1n) is 1.38. The second-order valence-corrected chi connectivity index (χ2v) is 2.41. The summed E-state index contributed by atoms with van der Waals surface area (Å²) in [5.41, 5.74) is 0. The fourth-order valence-electron chi connectivity index (χ4n) is 0.0732. The molecule has 3 nitrogen and oxygen atoms in total. The van der Waals surface area contributed by atoms with Gasteiger partial charge in [-0.3, -0.25) is 4.18 Å². The molecule has 0 aliphatic heterocycles. The first-order chi connectivity index (χ1) is 3.31. The third kappa shape index (κ3) is 4.28. The van der Waals surface area contributed by atoms with E-state index in [1.165, 1.54) is 7.11 Å². The van der Waals surface area contributed by atoms with E-state index in [1.807, 2.05) is 4.49 Å². The number of rotatable bonds is 3. The highest BCUT2D eigenvalue weighted by Gasteiger charge is 1.89. The van der Waals surface area contributed by atoms with Gasteiger partial charge in [-0.25, -0.2) is 8.41 Å². The molecule has 44 valence electrons. The summed E-state index contributed by atoms with van der Waals surface area (Å²) in [5, 5.41) is 0. The van der Waals surface area contributed by atoms with Crippen molar-refractivity contribution in [3.05, 3.63) is 0 Å². The van der Waals surface area contributed by atoms with E-state index in [-0.39, 0.29) is 0 Å². The standard InChI is InChI=1S/CH5FNO2PS/c1-5-7(4)3-6-2/h3,6H,1H3. The topological polar surface area (TPSA) is 38.3 Å². The summed E-state index contributed by atoms with van der Waals surface area (Å²) in [7, 11) is 0.195. The number of hydrogen-bond acceptors (Lipinski definition) is 2. The van der Waals surface area contributed by atoms with Crippen molar-refractivity contribution in [2.75, 3.05) is 7.11 Å². The molecule has 0 fully saturated rings. The second-order valence-electron chi connectivity index (χ2n) is 0.598. The molecular formula is CH5FNO2PS. The van der Waals surface area contributed by atoms with E-state index in [4.69, 9.17) is 0 Å². The van der Waals surface area contributed by atoms with Gasteiger partial charge in [0.15, 0.2) is 9.04 Å². The average Bonchev–Trinajstić information content (AvgIpc) is 1.68. The molecular weight excluding hydrogens is 140 g/mol. The monoisotopic (exact) mass is 145 g/mol. The Balaban J connectivity index is 3.00. The van der Waals surface area contributed by atoms with Gasteiger partial charge in [0.1, 0.15) is 0 Å². The van der Waals surface area contributed by atoms with Crippen LogP contribution in [0.25, 0.3) is 0 Å². The summed E-state index contributed by atoms with van der Waals surface area (Å²) in [6, 6.07) is 0. The Morgan fingerprint density at radius 3 is 2.71 bits per heavy atom. The van der Waals surface area contributed by atoms with Crippen LogP contribution in [0.15, 0.2) is 0 Å². The molecule has 0 rings (SSSR count). The Morgan fingerprint density at radius 2 is 2.57 bits per heavy atom. The van der Waals surface area contributed by atoms with Crippen LogP contribution in [0.1, 0.15) is 0 Å². The van der Waals surface area contributed by atoms with Gasteiger partial charge in [-0.15, -0.1) is 0 Å². The molecule has 0 spiro atoms. The molecule has 0 aromatic carbocycles. The van der Waals surface area contributed by atoms with Crippen LogP contribution in [0.4, 0.5) is 4.20 Å². The first-order valence-corrected chi connectivity index (χ1v) is 3.34. The predicted octanol–water partition coefficient (Wildman–Crippen LogP) is 0.279. The van der Waals surface area contributed by atoms with Crippen LogP contribution in [0.2, 0.25) is 0 Å². The predicted molar refractivity (Wildman–Crippen MR) is 27.7 cm³/mol. The van der Waals surface area contributed by atoms with Crippen LogP contribution >= 0.6 is 9.04 Å². The summed E-state index contributed by atoms with van der Waals surface area (Å²) in [4.78, 5) is 0. The lowest BCUT2D eigenvalue weighted by Gasteiger charge is -1.90. The van der Waals surface area contributed by atoms with Crippen molar-refractivity contribution < 1.29 is 12.6 Å². The quantitative estimate of drug-likeness (QED) is 0.579. The lowest BCUT2D eigenvalue weighted by molar-refractivity contribution is 0.443. The highest BCUT2D eigenvalue weighted by atomic mass is 32.2. The Hall–Kier alpha value is 0.430. The lowest BCUT2D eigenvalue weighted by atomic mass is 11.8. The van der Waals surface area contributed by atoms with Crippen LogP contribution in [-0.2, 0) is 15.4 Å². The average molecular weight is 145 g/mol. The van der Waals surface area contributed by atoms with Crippen molar-refractivity contribution >= 4 is 20.3 Å². The molecule has 2 atom stereocenters. The minimum absolute atomic E-state index is 1.03. The van der Waals surface area contributed by atoms with Crippen LogP contribution in [-0.4, -0.2) is 11.3 Å². The SMILES string of the molecule is COS(=O)NPF. The van der Waals surface area contributed by atoms with Crippen molar-refractivity contribution in [2.45, 2.75) is 0 Å². The van der Waals surface area contributed by atoms with Crippen LogP contribution in [0.5, 0.6) is 0 Å². The molecule has 0 aliphatic carbocycles. The molecule has 0 aromatic heterocycles. The second kappa shape index (κ2) is 4.59. The van der Waals surface area contributed by atoms with Crippen molar-refractivity contribution in [1.29, 1.82) is 0 Å². The summed E-state index contributed by atoms with van der Waals surface area (Å²) < 4.78 is 27.1. The molecule has 0 aromatic rings. The van der Waals surface area contributed by atoms with Gasteiger partial charge in [0.05, 0.1) is 7.11 Å². The molecule has 1 N–H and O–H groups in total. The van der Waals surface area contributed by atoms with Crippen molar-refractivity contribution in [2.24, 2.45) is 0 Å². The highest BCUT2D eigenvalue weighted by Crippen LogP contribution is 2.02. The van der Waals surface area contributed by atoms with Gasteiger partial charge < -0.3 is 0 Å². The molecule has 0 aliphatic rings. The minimum atomic E-state index is -1.64. The molecule has 0 amide bonds. The lowest BCUT2D eigenvalue weighted by Crippen LogP contribution is -2.05. The molecule has 7 heavy (non-hydrogen) atoms. The first kappa shape index (κ1) is 7.43. The van der Waals surface area contributed by atoms with Crippen molar-refractivity contribution in [1.82, 2.24) is 4.49 Å². The summed E-state index contributed by atoms with van der Waals surface area (Å²) in [5.74, 6) is 0. The molecule has 0 saturated carbocycles. The normalized spacial score (nSPS) is 15.7. The maximum atomic E-state index is 11.1. The van der Waals surface area contributed by atoms with E-state index in [2.05, 4.69) is 4.18 Å². The molecule has 6 heteroatoms. The summed E-state index contributed by atoms with van der Waals surface area (Å²) in [6.07, 6.45) is 0. The third-order valence-electron chi connectivity index (χ3n) is 0.273. The van der Waals surface area contributed by atoms with E-state index < -0.39 is 20.3 Å². The van der Waals surface area contributed by atoms with Gasteiger partial charge in [-0.2, -0.15) is 4.49 Å². The summed E-state index contributed by atoms with van der Waals surface area (Å²) in [6.45, 7) is 0. The van der Waals surface area contributed by atoms with E-state index in [0.717, 1.165) is 0 Å². The Kier molecular flexibility index (Phi) is 4.87. The van der Waals surface area contributed by atoms with Crippen LogP contribution in [0, 0.1) is 0 Å². The van der Waals surface area contributed by atoms with Gasteiger partial charge in [-0.1, -0.05) is 0 Å². The number of nitrogens with one attached hydrogen (secondary N) is 1. The van der Waals surface area contributed by atoms with E-state index >= 15 is 0 Å². The van der Waals surface area contributed by atoms with Crippen LogP contribution in [0.3, 0.4) is 0 Å². The minimum Gasteiger partial charge on any atom is -0.281 e. The maximum absolute atomic E-state index is 11.1. The molecule has 0 saturated heterocycles. The third-order valence-corrected chi connectivity index (χ3v) is 1.55. The van der Waals surface area contributed by atoms with E-state index in [0.29, 0.717) is 0 Å². The number of hydrogen-bond donors (Lipinski definition) is 1.